The van der Waals surface area contributed by atoms with Gasteiger partial charge in [-0.2, -0.15) is 12.6 Å². The highest BCUT2D eigenvalue weighted by atomic mass is 32.1. The van der Waals surface area contributed by atoms with E-state index in [0.717, 1.165) is 76.4 Å². The summed E-state index contributed by atoms with van der Waals surface area (Å²) >= 11 is 4.22. The third kappa shape index (κ3) is 32.2. The molecule has 0 heterocycles. The van der Waals surface area contributed by atoms with Gasteiger partial charge in [-0.05, 0) is 25.0 Å². The maximum Gasteiger partial charge on any atom is 0.472 e. The van der Waals surface area contributed by atoms with E-state index in [-0.39, 0.29) is 12.8 Å². The summed E-state index contributed by atoms with van der Waals surface area (Å²) in [6.45, 7) is 0.546. The molecular weight excluding hydrogens is 964 g/mol. The van der Waals surface area contributed by atoms with Crippen LogP contribution in [0.25, 0.3) is 0 Å². The molecular formula is C38H76O22P4S. The van der Waals surface area contributed by atoms with Gasteiger partial charge in [-0.25, -0.2) is 18.3 Å². The Labute approximate surface area is 388 Å². The zero-order valence-electron chi connectivity index (χ0n) is 37.4. The number of rotatable bonds is 40. The molecule has 27 heteroatoms. The summed E-state index contributed by atoms with van der Waals surface area (Å²) in [6, 6.07) is 0. The molecule has 0 aromatic heterocycles. The summed E-state index contributed by atoms with van der Waals surface area (Å²) in [5.74, 6) is -0.514. The fraction of sp³-hybridized carbons (Fsp3) is 0.947. The number of ether oxygens (including phenoxy) is 2. The molecule has 0 amide bonds. The van der Waals surface area contributed by atoms with Crippen molar-refractivity contribution in [1.29, 1.82) is 0 Å². The van der Waals surface area contributed by atoms with E-state index < -0.39 is 99.2 Å². The van der Waals surface area contributed by atoms with Crippen LogP contribution in [0.5, 0.6) is 0 Å². The lowest BCUT2D eigenvalue weighted by Gasteiger charge is -2.45. The van der Waals surface area contributed by atoms with E-state index in [1.165, 1.54) is 64.2 Å². The predicted molar refractivity (Wildman–Crippen MR) is 239 cm³/mol. The monoisotopic (exact) mass is 1040 g/mol. The largest absolute Gasteiger partial charge is 0.472 e. The first-order valence-corrected chi connectivity index (χ1v) is 29.4. The molecule has 0 aliphatic heterocycles. The fourth-order valence-corrected chi connectivity index (χ4v) is 10.1. The number of carbonyl (C=O) groups excluding carboxylic acids is 2. The van der Waals surface area contributed by atoms with Crippen LogP contribution in [0.15, 0.2) is 0 Å². The van der Waals surface area contributed by atoms with Gasteiger partial charge in [0.15, 0.2) is 6.10 Å². The maximum absolute atomic E-state index is 13.2. The van der Waals surface area contributed by atoms with Gasteiger partial charge in [0, 0.05) is 12.8 Å². The van der Waals surface area contributed by atoms with Crippen LogP contribution >= 0.6 is 43.9 Å². The Morgan fingerprint density at radius 2 is 0.831 bits per heavy atom. The third-order valence-corrected chi connectivity index (χ3v) is 13.3. The highest BCUT2D eigenvalue weighted by molar-refractivity contribution is 7.80. The molecule has 0 aromatic rings. The van der Waals surface area contributed by atoms with Crippen LogP contribution in [0.4, 0.5) is 0 Å². The van der Waals surface area contributed by atoms with Crippen LogP contribution in [0.1, 0.15) is 167 Å². The number of thiol groups is 1. The Morgan fingerprint density at radius 1 is 0.477 bits per heavy atom. The Bertz CT molecular complexity index is 1460. The Hall–Kier alpha value is -0.350. The van der Waals surface area contributed by atoms with E-state index in [9.17, 15) is 72.3 Å². The summed E-state index contributed by atoms with van der Waals surface area (Å²) in [7, 11) is -23.0. The van der Waals surface area contributed by atoms with E-state index in [2.05, 4.69) is 33.1 Å². The van der Waals surface area contributed by atoms with Crippen molar-refractivity contribution in [3.05, 3.63) is 0 Å². The van der Waals surface area contributed by atoms with Crippen LogP contribution in [-0.2, 0) is 59.9 Å². The molecule has 4 unspecified atom stereocenters. The topological polar surface area (TPSA) is 349 Å². The molecule has 0 aromatic carbocycles. The van der Waals surface area contributed by atoms with Crippen molar-refractivity contribution >= 4 is 55.9 Å². The average molecular weight is 1040 g/mol. The highest BCUT2D eigenvalue weighted by Crippen LogP contribution is 2.53. The molecule has 9 N–H and O–H groups in total. The van der Waals surface area contributed by atoms with Gasteiger partial charge in [0.1, 0.15) is 43.2 Å². The first-order chi connectivity index (χ1) is 30.5. The molecule has 1 saturated carbocycles. The number of esters is 2. The first-order valence-electron chi connectivity index (χ1n) is 22.7. The lowest BCUT2D eigenvalue weighted by molar-refractivity contribution is -0.209. The predicted octanol–water partition coefficient (Wildman–Crippen LogP) is 6.81. The van der Waals surface area contributed by atoms with E-state index in [0.29, 0.717) is 12.8 Å². The summed E-state index contributed by atoms with van der Waals surface area (Å²) in [4.78, 5) is 92.6. The number of hydrogen-bond donors (Lipinski definition) is 10. The lowest BCUT2D eigenvalue weighted by atomic mass is 9.85. The summed E-state index contributed by atoms with van der Waals surface area (Å²) in [5.41, 5.74) is 0. The second kappa shape index (κ2) is 34.1. The molecule has 1 aliphatic rings. The van der Waals surface area contributed by atoms with Crippen LogP contribution in [0.3, 0.4) is 0 Å². The number of unbranched alkanes of at least 4 members (excludes halogenated alkanes) is 21. The normalized spacial score (nSPS) is 22.1. The molecule has 0 radical (unpaired) electrons. The Balaban J connectivity index is 2.94. The zero-order valence-corrected chi connectivity index (χ0v) is 41.9. The summed E-state index contributed by atoms with van der Waals surface area (Å²) in [5, 5.41) is 21.8. The van der Waals surface area contributed by atoms with Gasteiger partial charge in [0.25, 0.3) is 0 Å². The minimum atomic E-state index is -5.78. The molecule has 8 atom stereocenters. The quantitative estimate of drug-likeness (QED) is 0.0130. The van der Waals surface area contributed by atoms with Gasteiger partial charge >= 0.3 is 43.2 Å². The smallest absolute Gasteiger partial charge is 0.462 e. The van der Waals surface area contributed by atoms with E-state index in [1.54, 1.807) is 0 Å². The average Bonchev–Trinajstić information content (AvgIpc) is 3.20. The van der Waals surface area contributed by atoms with Crippen molar-refractivity contribution in [2.24, 2.45) is 0 Å². The minimum absolute atomic E-state index is 0.0334. The van der Waals surface area contributed by atoms with Gasteiger partial charge in [-0.3, -0.25) is 32.2 Å². The lowest BCUT2D eigenvalue weighted by Crippen LogP contribution is -2.65. The number of carbonyl (C=O) groups is 2. The molecule has 1 rings (SSSR count). The van der Waals surface area contributed by atoms with Gasteiger partial charge in [0.05, 0.1) is 6.61 Å². The molecule has 0 bridgehead atoms. The molecule has 386 valence electrons. The second-order valence-electron chi connectivity index (χ2n) is 16.3. The van der Waals surface area contributed by atoms with E-state index in [4.69, 9.17) is 18.5 Å². The minimum Gasteiger partial charge on any atom is -0.462 e. The third-order valence-electron chi connectivity index (χ3n) is 10.5. The molecule has 1 fully saturated rings. The number of phosphoric acid groups is 4. The van der Waals surface area contributed by atoms with Gasteiger partial charge < -0.3 is 53.9 Å². The molecule has 22 nitrogen and oxygen atoms in total. The van der Waals surface area contributed by atoms with Crippen molar-refractivity contribution in [2.45, 2.75) is 210 Å². The standard InChI is InChI=1S/C38H76O22P4S/c1-2-3-4-5-6-7-8-9-10-14-17-20-23-26-32(40)56-30(28-54-31(39)25-22-19-16-13-11-12-15-18-21-24-27-65)29-55-64(52,53)60-35-33(41)36(57-61(43,44)45)38(59-63(49,50)51)37(34(35)42)58-62(46,47)48/h30,33-38,41-42,65H,2-29H2,1H3,(H,52,53)(H2,43,44,45)(H2,46,47,48)(H2,49,50,51)/t30-,33+,34?,35?,36+,37-,38?/m1/s1. The van der Waals surface area contributed by atoms with Gasteiger partial charge in [-0.1, -0.05) is 135 Å². The molecule has 65 heavy (non-hydrogen) atoms. The van der Waals surface area contributed by atoms with Gasteiger partial charge in [0.2, 0.25) is 0 Å². The van der Waals surface area contributed by atoms with Crippen molar-refractivity contribution in [3.63, 3.8) is 0 Å². The number of aliphatic hydroxyl groups is 2. The Kier molecular flexibility index (Phi) is 32.8. The van der Waals surface area contributed by atoms with Crippen LogP contribution in [0.2, 0.25) is 0 Å². The van der Waals surface area contributed by atoms with Crippen molar-refractivity contribution < 1.29 is 104 Å². The maximum atomic E-state index is 13.2. The molecule has 0 saturated heterocycles. The number of hydrogen-bond acceptors (Lipinski definition) is 16. The first kappa shape index (κ1) is 62.7. The van der Waals surface area contributed by atoms with Crippen LogP contribution in [0, 0.1) is 0 Å². The van der Waals surface area contributed by atoms with Gasteiger partial charge in [-0.15, -0.1) is 0 Å². The molecule has 0 spiro atoms. The van der Waals surface area contributed by atoms with Crippen molar-refractivity contribution in [1.82, 2.24) is 0 Å². The number of aliphatic hydroxyl groups excluding tert-OH is 2. The number of phosphoric ester groups is 4. The van der Waals surface area contributed by atoms with E-state index in [1.807, 2.05) is 0 Å². The van der Waals surface area contributed by atoms with Crippen molar-refractivity contribution in [3.8, 4) is 0 Å². The Morgan fingerprint density at radius 3 is 1.22 bits per heavy atom. The SMILES string of the molecule is CCCCCCCCCCCCCCCC(=O)O[C@H](COC(=O)CCCCCCCCCCCCS)COP(=O)(O)OC1C(O)[C@@H](OP(=O)(O)O)C(OP(=O)(O)O)[C@@H](OP(=O)(O)O)[C@H]1O. The zero-order chi connectivity index (χ0) is 48.9. The fourth-order valence-electron chi connectivity index (χ4n) is 7.18. The highest BCUT2D eigenvalue weighted by Gasteiger charge is 2.59. The van der Waals surface area contributed by atoms with Crippen molar-refractivity contribution in [2.75, 3.05) is 19.0 Å². The summed E-state index contributed by atoms with van der Waals surface area (Å²) < 4.78 is 81.9. The summed E-state index contributed by atoms with van der Waals surface area (Å²) in [6.07, 6.45) is 6.08. The second-order valence-corrected chi connectivity index (χ2v) is 21.7. The van der Waals surface area contributed by atoms with Crippen LogP contribution in [-0.4, -0.2) is 118 Å². The van der Waals surface area contributed by atoms with E-state index >= 15 is 0 Å². The molecule has 1 aliphatic carbocycles. The van der Waals surface area contributed by atoms with Crippen LogP contribution < -0.4 is 0 Å².